The van der Waals surface area contributed by atoms with Crippen LogP contribution < -0.4 is 16.0 Å². The minimum Gasteiger partial charge on any atom is -0.444 e. The number of hydrogen-bond donors (Lipinski definition) is 3. The van der Waals surface area contributed by atoms with Gasteiger partial charge in [0.2, 0.25) is 0 Å². The standard InChI is InChI=1S/C13H25N3O2/c1-12(2,3)18-11(17)16-13(5-4-6-13)9-15-10-7-14-8-10/h10,14-15H,4-9H2,1-3H3,(H,16,17). The summed E-state index contributed by atoms with van der Waals surface area (Å²) >= 11 is 0. The van der Waals surface area contributed by atoms with Crippen LogP contribution >= 0.6 is 0 Å². The van der Waals surface area contributed by atoms with Gasteiger partial charge in [0.25, 0.3) is 0 Å². The van der Waals surface area contributed by atoms with Crippen LogP contribution in [0.25, 0.3) is 0 Å². The molecule has 5 nitrogen and oxygen atoms in total. The number of alkyl carbamates (subject to hydrolysis) is 1. The van der Waals surface area contributed by atoms with Gasteiger partial charge in [-0.1, -0.05) is 0 Å². The molecule has 18 heavy (non-hydrogen) atoms. The molecule has 0 atom stereocenters. The molecular formula is C13H25N3O2. The van der Waals surface area contributed by atoms with Gasteiger partial charge in [0, 0.05) is 25.7 Å². The molecule has 1 heterocycles. The Hall–Kier alpha value is -0.810. The Morgan fingerprint density at radius 3 is 2.44 bits per heavy atom. The normalized spacial score (nSPS) is 22.8. The first kappa shape index (κ1) is 13.6. The zero-order chi connectivity index (χ0) is 13.2. The average Bonchev–Trinajstić information content (AvgIpc) is 2.07. The second-order valence-corrected chi connectivity index (χ2v) is 6.50. The second kappa shape index (κ2) is 5.05. The summed E-state index contributed by atoms with van der Waals surface area (Å²) in [6.07, 6.45) is 2.97. The molecule has 1 saturated carbocycles. The van der Waals surface area contributed by atoms with E-state index in [2.05, 4.69) is 16.0 Å². The van der Waals surface area contributed by atoms with E-state index in [1.54, 1.807) is 0 Å². The van der Waals surface area contributed by atoms with Crippen LogP contribution in [0.15, 0.2) is 0 Å². The lowest BCUT2D eigenvalue weighted by molar-refractivity contribution is 0.0376. The molecule has 0 aromatic heterocycles. The van der Waals surface area contributed by atoms with Crippen molar-refractivity contribution < 1.29 is 9.53 Å². The second-order valence-electron chi connectivity index (χ2n) is 6.50. The SMILES string of the molecule is CC(C)(C)OC(=O)NC1(CNC2CNC2)CCC1. The lowest BCUT2D eigenvalue weighted by Gasteiger charge is -2.44. The van der Waals surface area contributed by atoms with Crippen LogP contribution in [0.1, 0.15) is 40.0 Å². The molecule has 5 heteroatoms. The Morgan fingerprint density at radius 2 is 2.06 bits per heavy atom. The fraction of sp³-hybridized carbons (Fsp3) is 0.923. The highest BCUT2D eigenvalue weighted by Crippen LogP contribution is 2.31. The smallest absolute Gasteiger partial charge is 0.408 e. The molecule has 0 spiro atoms. The predicted molar refractivity (Wildman–Crippen MR) is 70.6 cm³/mol. The molecule has 0 radical (unpaired) electrons. The maximum absolute atomic E-state index is 11.8. The van der Waals surface area contributed by atoms with E-state index in [1.807, 2.05) is 20.8 Å². The summed E-state index contributed by atoms with van der Waals surface area (Å²) in [7, 11) is 0. The first-order valence-corrected chi connectivity index (χ1v) is 6.84. The van der Waals surface area contributed by atoms with Crippen molar-refractivity contribution in [1.29, 1.82) is 0 Å². The molecule has 1 saturated heterocycles. The van der Waals surface area contributed by atoms with Gasteiger partial charge in [-0.15, -0.1) is 0 Å². The average molecular weight is 255 g/mol. The van der Waals surface area contributed by atoms with Gasteiger partial charge in [0.15, 0.2) is 0 Å². The van der Waals surface area contributed by atoms with Gasteiger partial charge in [-0.25, -0.2) is 4.79 Å². The van der Waals surface area contributed by atoms with Gasteiger partial charge in [0.05, 0.1) is 5.54 Å². The Kier molecular flexibility index (Phi) is 3.82. The third-order valence-electron chi connectivity index (χ3n) is 3.59. The first-order chi connectivity index (χ1) is 8.39. The van der Waals surface area contributed by atoms with E-state index in [4.69, 9.17) is 4.74 Å². The van der Waals surface area contributed by atoms with Crippen molar-refractivity contribution >= 4 is 6.09 Å². The van der Waals surface area contributed by atoms with Gasteiger partial charge in [-0.05, 0) is 40.0 Å². The van der Waals surface area contributed by atoms with Crippen molar-refractivity contribution in [2.45, 2.75) is 57.2 Å². The van der Waals surface area contributed by atoms with Gasteiger partial charge < -0.3 is 20.7 Å². The summed E-state index contributed by atoms with van der Waals surface area (Å²) in [5.41, 5.74) is -0.516. The number of amides is 1. The molecule has 104 valence electrons. The van der Waals surface area contributed by atoms with Crippen molar-refractivity contribution in [3.05, 3.63) is 0 Å². The lowest BCUT2D eigenvalue weighted by Crippen LogP contribution is -2.64. The molecule has 3 N–H and O–H groups in total. The van der Waals surface area contributed by atoms with E-state index < -0.39 is 5.60 Å². The zero-order valence-corrected chi connectivity index (χ0v) is 11.6. The molecule has 1 aliphatic carbocycles. The van der Waals surface area contributed by atoms with Crippen LogP contribution in [0.3, 0.4) is 0 Å². The molecule has 0 aromatic rings. The van der Waals surface area contributed by atoms with Crippen LogP contribution in [0.4, 0.5) is 4.79 Å². The highest BCUT2D eigenvalue weighted by Gasteiger charge is 2.40. The Balaban J connectivity index is 1.78. The number of rotatable bonds is 4. The maximum Gasteiger partial charge on any atom is 0.408 e. The van der Waals surface area contributed by atoms with Crippen molar-refractivity contribution in [3.8, 4) is 0 Å². The van der Waals surface area contributed by atoms with E-state index in [1.165, 1.54) is 6.42 Å². The van der Waals surface area contributed by atoms with Crippen LogP contribution in [-0.2, 0) is 4.74 Å². The molecular weight excluding hydrogens is 230 g/mol. The summed E-state index contributed by atoms with van der Waals surface area (Å²) in [4.78, 5) is 11.8. The van der Waals surface area contributed by atoms with Crippen LogP contribution in [0.2, 0.25) is 0 Å². The summed E-state index contributed by atoms with van der Waals surface area (Å²) in [5.74, 6) is 0. The molecule has 0 bridgehead atoms. The largest absolute Gasteiger partial charge is 0.444 e. The summed E-state index contributed by atoms with van der Waals surface area (Å²) in [6.45, 7) is 8.57. The highest BCUT2D eigenvalue weighted by molar-refractivity contribution is 5.69. The van der Waals surface area contributed by atoms with E-state index in [-0.39, 0.29) is 11.6 Å². The third-order valence-corrected chi connectivity index (χ3v) is 3.59. The van der Waals surface area contributed by atoms with Gasteiger partial charge in [-0.2, -0.15) is 0 Å². The number of carbonyl (C=O) groups is 1. The quantitative estimate of drug-likeness (QED) is 0.701. The predicted octanol–water partition coefficient (Wildman–Crippen LogP) is 0.995. The summed E-state index contributed by atoms with van der Waals surface area (Å²) in [6, 6.07) is 0.558. The van der Waals surface area contributed by atoms with E-state index in [9.17, 15) is 4.79 Å². The molecule has 0 unspecified atom stereocenters. The Bertz CT molecular complexity index is 304. The summed E-state index contributed by atoms with van der Waals surface area (Å²) < 4.78 is 5.33. The topological polar surface area (TPSA) is 62.4 Å². The minimum absolute atomic E-state index is 0.0854. The third kappa shape index (κ3) is 3.59. The van der Waals surface area contributed by atoms with Crippen LogP contribution in [0, 0.1) is 0 Å². The monoisotopic (exact) mass is 255 g/mol. The highest BCUT2D eigenvalue weighted by atomic mass is 16.6. The minimum atomic E-state index is -0.430. The zero-order valence-electron chi connectivity index (χ0n) is 11.6. The molecule has 0 aromatic carbocycles. The van der Waals surface area contributed by atoms with Crippen molar-refractivity contribution in [1.82, 2.24) is 16.0 Å². The lowest BCUT2D eigenvalue weighted by atomic mass is 9.76. The first-order valence-electron chi connectivity index (χ1n) is 6.84. The fourth-order valence-corrected chi connectivity index (χ4v) is 2.24. The van der Waals surface area contributed by atoms with Gasteiger partial charge in [0.1, 0.15) is 5.60 Å². The van der Waals surface area contributed by atoms with Crippen LogP contribution in [0.5, 0.6) is 0 Å². The van der Waals surface area contributed by atoms with Crippen molar-refractivity contribution in [2.75, 3.05) is 19.6 Å². The number of carbonyl (C=O) groups excluding carboxylic acids is 1. The molecule has 2 fully saturated rings. The van der Waals surface area contributed by atoms with Gasteiger partial charge in [-0.3, -0.25) is 0 Å². The number of hydrogen-bond acceptors (Lipinski definition) is 4. The van der Waals surface area contributed by atoms with E-state index in [0.717, 1.165) is 32.5 Å². The molecule has 2 rings (SSSR count). The molecule has 2 aliphatic rings. The van der Waals surface area contributed by atoms with Crippen molar-refractivity contribution in [2.24, 2.45) is 0 Å². The number of ether oxygens (including phenoxy) is 1. The van der Waals surface area contributed by atoms with E-state index >= 15 is 0 Å². The maximum atomic E-state index is 11.8. The Labute approximate surface area is 109 Å². The molecule has 1 aliphatic heterocycles. The fourth-order valence-electron chi connectivity index (χ4n) is 2.24. The Morgan fingerprint density at radius 1 is 1.39 bits per heavy atom. The van der Waals surface area contributed by atoms with E-state index in [0.29, 0.717) is 6.04 Å². The van der Waals surface area contributed by atoms with Gasteiger partial charge >= 0.3 is 6.09 Å². The number of nitrogens with one attached hydrogen (secondary N) is 3. The molecule has 1 amide bonds. The van der Waals surface area contributed by atoms with Crippen LogP contribution in [-0.4, -0.2) is 42.9 Å². The van der Waals surface area contributed by atoms with Crippen molar-refractivity contribution in [3.63, 3.8) is 0 Å². The summed E-state index contributed by atoms with van der Waals surface area (Å²) in [5, 5.41) is 9.77.